The van der Waals surface area contributed by atoms with Crippen LogP contribution in [-0.2, 0) is 28.6 Å². The summed E-state index contributed by atoms with van der Waals surface area (Å²) in [5.74, 6) is 0.0481. The highest BCUT2D eigenvalue weighted by Crippen LogP contribution is 2.18. The van der Waals surface area contributed by atoms with Gasteiger partial charge in [0.25, 0.3) is 0 Å². The molecule has 0 heterocycles. The average Bonchev–Trinajstić information content (AvgIpc) is 3.21. The van der Waals surface area contributed by atoms with Crippen LogP contribution in [0.25, 0.3) is 0 Å². The van der Waals surface area contributed by atoms with Crippen molar-refractivity contribution in [1.29, 1.82) is 0 Å². The smallest absolute Gasteiger partial charge is 0.306 e. The Kier molecular flexibility index (Phi) is 44.2. The second kappa shape index (κ2) is 45.5. The molecule has 0 amide bonds. The van der Waals surface area contributed by atoms with Gasteiger partial charge >= 0.3 is 17.9 Å². The third-order valence-electron chi connectivity index (χ3n) is 11.9. The van der Waals surface area contributed by atoms with Gasteiger partial charge in [0.1, 0.15) is 13.2 Å². The van der Waals surface area contributed by atoms with E-state index in [9.17, 15) is 14.4 Å². The zero-order valence-corrected chi connectivity index (χ0v) is 38.8. The van der Waals surface area contributed by atoms with Crippen LogP contribution < -0.4 is 0 Å². The summed E-state index contributed by atoms with van der Waals surface area (Å²) in [4.78, 5) is 37.6. The van der Waals surface area contributed by atoms with Gasteiger partial charge in [-0.15, -0.1) is 0 Å². The Balaban J connectivity index is 4.03. The first-order valence-corrected chi connectivity index (χ1v) is 25.4. The molecule has 2 atom stereocenters. The second-order valence-electron chi connectivity index (χ2n) is 17.7. The van der Waals surface area contributed by atoms with Crippen LogP contribution >= 0.6 is 0 Å². The molecule has 0 aliphatic heterocycles. The minimum Gasteiger partial charge on any atom is -0.462 e. The standard InChI is InChI=1S/C51H98O6/c1-5-8-10-12-13-14-15-25-29-32-36-40-44-51(54)57-48(45-55-49(52)42-38-33-11-9-6-2)46-56-50(53)43-39-35-31-28-26-23-21-19-17-16-18-20-22-24-27-30-34-37-41-47(4)7-3/h47-48H,5-46H2,1-4H3/t47?,48-/m1/s1. The van der Waals surface area contributed by atoms with Gasteiger partial charge in [-0.2, -0.15) is 0 Å². The molecule has 0 aromatic rings. The molecule has 0 aliphatic carbocycles. The van der Waals surface area contributed by atoms with Gasteiger partial charge in [-0.1, -0.05) is 246 Å². The number of carbonyl (C=O) groups excluding carboxylic acids is 3. The van der Waals surface area contributed by atoms with Crippen LogP contribution in [0.2, 0.25) is 0 Å². The number of hydrogen-bond acceptors (Lipinski definition) is 6. The van der Waals surface area contributed by atoms with E-state index in [1.54, 1.807) is 0 Å². The van der Waals surface area contributed by atoms with Crippen molar-refractivity contribution in [1.82, 2.24) is 0 Å². The lowest BCUT2D eigenvalue weighted by Gasteiger charge is -2.18. The molecule has 6 heteroatoms. The quantitative estimate of drug-likeness (QED) is 0.0346. The van der Waals surface area contributed by atoms with Gasteiger partial charge in [0.05, 0.1) is 0 Å². The largest absolute Gasteiger partial charge is 0.462 e. The predicted octanol–water partition coefficient (Wildman–Crippen LogP) is 16.3. The number of ether oxygens (including phenoxy) is 3. The molecule has 0 rings (SSSR count). The van der Waals surface area contributed by atoms with Crippen molar-refractivity contribution in [2.75, 3.05) is 13.2 Å². The Bertz CT molecular complexity index is 859. The molecule has 0 saturated heterocycles. The first-order chi connectivity index (χ1) is 27.9. The Morgan fingerprint density at radius 3 is 0.912 bits per heavy atom. The Morgan fingerprint density at radius 2 is 0.614 bits per heavy atom. The molecule has 0 spiro atoms. The monoisotopic (exact) mass is 807 g/mol. The van der Waals surface area contributed by atoms with Crippen molar-refractivity contribution in [3.05, 3.63) is 0 Å². The minimum absolute atomic E-state index is 0.0640. The molecular formula is C51H98O6. The van der Waals surface area contributed by atoms with Gasteiger partial charge in [0, 0.05) is 19.3 Å². The molecule has 0 bridgehead atoms. The van der Waals surface area contributed by atoms with Crippen LogP contribution in [0, 0.1) is 5.92 Å². The van der Waals surface area contributed by atoms with E-state index in [1.165, 1.54) is 173 Å². The normalized spacial score (nSPS) is 12.4. The topological polar surface area (TPSA) is 78.9 Å². The molecule has 6 nitrogen and oxygen atoms in total. The second-order valence-corrected chi connectivity index (χ2v) is 17.7. The molecule has 0 radical (unpaired) electrons. The molecule has 57 heavy (non-hydrogen) atoms. The van der Waals surface area contributed by atoms with Gasteiger partial charge < -0.3 is 14.2 Å². The highest BCUT2D eigenvalue weighted by atomic mass is 16.6. The van der Waals surface area contributed by atoms with Crippen LogP contribution in [0.4, 0.5) is 0 Å². The molecule has 0 aromatic carbocycles. The first kappa shape index (κ1) is 55.4. The fraction of sp³-hybridized carbons (Fsp3) is 0.941. The lowest BCUT2D eigenvalue weighted by molar-refractivity contribution is -0.167. The number of carbonyl (C=O) groups is 3. The van der Waals surface area contributed by atoms with Gasteiger partial charge in [-0.05, 0) is 25.2 Å². The third-order valence-corrected chi connectivity index (χ3v) is 11.9. The molecular weight excluding hydrogens is 709 g/mol. The lowest BCUT2D eigenvalue weighted by atomic mass is 9.99. The van der Waals surface area contributed by atoms with Gasteiger partial charge in [-0.3, -0.25) is 14.4 Å². The molecule has 0 fully saturated rings. The summed E-state index contributed by atoms with van der Waals surface area (Å²) in [5, 5.41) is 0. The summed E-state index contributed by atoms with van der Waals surface area (Å²) in [6.45, 7) is 8.99. The zero-order chi connectivity index (χ0) is 41.7. The van der Waals surface area contributed by atoms with E-state index in [2.05, 4.69) is 27.7 Å². The lowest BCUT2D eigenvalue weighted by Crippen LogP contribution is -2.30. The first-order valence-electron chi connectivity index (χ1n) is 25.4. The molecule has 0 aliphatic rings. The van der Waals surface area contributed by atoms with E-state index < -0.39 is 6.10 Å². The van der Waals surface area contributed by atoms with E-state index in [-0.39, 0.29) is 31.1 Å². The zero-order valence-electron chi connectivity index (χ0n) is 38.8. The van der Waals surface area contributed by atoms with Crippen LogP contribution in [0.5, 0.6) is 0 Å². The summed E-state index contributed by atoms with van der Waals surface area (Å²) in [7, 11) is 0. The average molecular weight is 807 g/mol. The third kappa shape index (κ3) is 43.8. The Hall–Kier alpha value is -1.59. The van der Waals surface area contributed by atoms with Crippen molar-refractivity contribution < 1.29 is 28.6 Å². The van der Waals surface area contributed by atoms with Crippen LogP contribution in [0.3, 0.4) is 0 Å². The number of esters is 3. The fourth-order valence-electron chi connectivity index (χ4n) is 7.66. The van der Waals surface area contributed by atoms with E-state index in [4.69, 9.17) is 14.2 Å². The van der Waals surface area contributed by atoms with E-state index in [0.717, 1.165) is 70.1 Å². The maximum atomic E-state index is 12.7. The summed E-state index contributed by atoms with van der Waals surface area (Å²) >= 11 is 0. The highest BCUT2D eigenvalue weighted by Gasteiger charge is 2.19. The van der Waals surface area contributed by atoms with Crippen LogP contribution in [0.1, 0.15) is 285 Å². The Labute approximate surface area is 355 Å². The van der Waals surface area contributed by atoms with Crippen molar-refractivity contribution in [3.63, 3.8) is 0 Å². The molecule has 1 unspecified atom stereocenters. The van der Waals surface area contributed by atoms with Crippen molar-refractivity contribution in [2.45, 2.75) is 291 Å². The maximum absolute atomic E-state index is 12.7. The minimum atomic E-state index is -0.758. The fourth-order valence-corrected chi connectivity index (χ4v) is 7.66. The van der Waals surface area contributed by atoms with E-state index >= 15 is 0 Å². The molecule has 0 aromatic heterocycles. The van der Waals surface area contributed by atoms with E-state index in [0.29, 0.717) is 19.3 Å². The SMILES string of the molecule is CCCCCCCCCCCCCCC(=O)O[C@H](COC(=O)CCCCCCC)COC(=O)CCCCCCCCCCCCCCCCCCCCC(C)CC. The van der Waals surface area contributed by atoms with Crippen molar-refractivity contribution in [3.8, 4) is 0 Å². The van der Waals surface area contributed by atoms with Gasteiger partial charge in [0.2, 0.25) is 0 Å². The maximum Gasteiger partial charge on any atom is 0.306 e. The number of unbranched alkanes of at least 4 members (excludes halogenated alkanes) is 32. The van der Waals surface area contributed by atoms with Gasteiger partial charge in [0.15, 0.2) is 6.10 Å². The van der Waals surface area contributed by atoms with Crippen molar-refractivity contribution >= 4 is 17.9 Å². The summed E-state index contributed by atoms with van der Waals surface area (Å²) in [6.07, 6.45) is 46.9. The van der Waals surface area contributed by atoms with E-state index in [1.807, 2.05) is 0 Å². The number of rotatable bonds is 46. The molecule has 0 N–H and O–H groups in total. The van der Waals surface area contributed by atoms with Crippen molar-refractivity contribution in [2.24, 2.45) is 5.92 Å². The molecule has 0 saturated carbocycles. The van der Waals surface area contributed by atoms with Crippen LogP contribution in [-0.4, -0.2) is 37.2 Å². The summed E-state index contributed by atoms with van der Waals surface area (Å²) < 4.78 is 16.7. The summed E-state index contributed by atoms with van der Waals surface area (Å²) in [5.41, 5.74) is 0. The highest BCUT2D eigenvalue weighted by molar-refractivity contribution is 5.71. The number of hydrogen-bond donors (Lipinski definition) is 0. The van der Waals surface area contributed by atoms with Crippen LogP contribution in [0.15, 0.2) is 0 Å². The predicted molar refractivity (Wildman–Crippen MR) is 243 cm³/mol. The Morgan fingerprint density at radius 1 is 0.351 bits per heavy atom. The molecule has 338 valence electrons. The summed E-state index contributed by atoms with van der Waals surface area (Å²) in [6, 6.07) is 0. The van der Waals surface area contributed by atoms with Gasteiger partial charge in [-0.25, -0.2) is 0 Å².